The first-order valence-corrected chi connectivity index (χ1v) is 7.76. The lowest BCUT2D eigenvalue weighted by atomic mass is 10.1. The van der Waals surface area contributed by atoms with E-state index in [4.69, 9.17) is 0 Å². The second kappa shape index (κ2) is 6.13. The lowest BCUT2D eigenvalue weighted by Gasteiger charge is -2.11. The normalized spacial score (nSPS) is 10.5. The fourth-order valence-electron chi connectivity index (χ4n) is 2.09. The molecule has 0 aliphatic heterocycles. The molecule has 0 amide bonds. The molecule has 0 bridgehead atoms. The Balaban J connectivity index is 1.91. The molecule has 0 unspecified atom stereocenters. The number of anilines is 1. The van der Waals surface area contributed by atoms with Crippen LogP contribution in [0.15, 0.2) is 48.0 Å². The van der Waals surface area contributed by atoms with Crippen molar-refractivity contribution in [1.82, 2.24) is 9.97 Å². The van der Waals surface area contributed by atoms with Gasteiger partial charge in [0.2, 0.25) is 0 Å². The molecule has 2 aromatic heterocycles. The average molecular weight is 326 g/mol. The minimum Gasteiger partial charge on any atom is -0.363 e. The summed E-state index contributed by atoms with van der Waals surface area (Å²) in [5.41, 5.74) is 2.75. The number of non-ortho nitro benzene ring substituents is 1. The molecule has 0 fully saturated rings. The molecule has 0 spiro atoms. The SMILES string of the molecule is CN(C)c1cc(-c2nc(-c3ccc([N+](=O)[O-])cc3)cs2)ccn1. The van der Waals surface area contributed by atoms with Crippen LogP contribution in [-0.2, 0) is 0 Å². The summed E-state index contributed by atoms with van der Waals surface area (Å²) >= 11 is 1.54. The van der Waals surface area contributed by atoms with Gasteiger partial charge in [0, 0.05) is 48.9 Å². The van der Waals surface area contributed by atoms with Crippen molar-refractivity contribution in [2.24, 2.45) is 0 Å². The van der Waals surface area contributed by atoms with Crippen LogP contribution in [0, 0.1) is 10.1 Å². The zero-order valence-corrected chi connectivity index (χ0v) is 13.4. The number of hydrogen-bond donors (Lipinski definition) is 0. The van der Waals surface area contributed by atoms with Crippen molar-refractivity contribution in [3.63, 3.8) is 0 Å². The van der Waals surface area contributed by atoms with E-state index in [-0.39, 0.29) is 5.69 Å². The third-order valence-electron chi connectivity index (χ3n) is 3.33. The molecule has 0 radical (unpaired) electrons. The van der Waals surface area contributed by atoms with E-state index in [1.165, 1.54) is 23.5 Å². The van der Waals surface area contributed by atoms with E-state index in [0.29, 0.717) is 0 Å². The van der Waals surface area contributed by atoms with E-state index in [0.717, 1.165) is 27.6 Å². The van der Waals surface area contributed by atoms with Crippen molar-refractivity contribution in [3.05, 3.63) is 58.1 Å². The van der Waals surface area contributed by atoms with Crippen molar-refractivity contribution < 1.29 is 4.92 Å². The quantitative estimate of drug-likeness (QED) is 0.538. The number of rotatable bonds is 4. The minimum atomic E-state index is -0.407. The van der Waals surface area contributed by atoms with E-state index in [1.54, 1.807) is 18.3 Å². The molecule has 0 N–H and O–H groups in total. The number of pyridine rings is 1. The van der Waals surface area contributed by atoms with Gasteiger partial charge in [-0.05, 0) is 24.3 Å². The van der Waals surface area contributed by atoms with Crippen LogP contribution in [-0.4, -0.2) is 29.0 Å². The Morgan fingerprint density at radius 3 is 2.52 bits per heavy atom. The number of aromatic nitrogens is 2. The fourth-order valence-corrected chi connectivity index (χ4v) is 2.91. The van der Waals surface area contributed by atoms with Crippen LogP contribution < -0.4 is 4.90 Å². The maximum Gasteiger partial charge on any atom is 0.269 e. The summed E-state index contributed by atoms with van der Waals surface area (Å²) in [4.78, 5) is 21.2. The molecule has 116 valence electrons. The maximum atomic E-state index is 10.7. The van der Waals surface area contributed by atoms with Crippen molar-refractivity contribution >= 4 is 22.8 Å². The molecule has 3 aromatic rings. The van der Waals surface area contributed by atoms with Crippen LogP contribution in [0.3, 0.4) is 0 Å². The highest BCUT2D eigenvalue weighted by molar-refractivity contribution is 7.13. The van der Waals surface area contributed by atoms with Crippen LogP contribution in [0.5, 0.6) is 0 Å². The molecule has 3 rings (SSSR count). The largest absolute Gasteiger partial charge is 0.363 e. The molecule has 23 heavy (non-hydrogen) atoms. The summed E-state index contributed by atoms with van der Waals surface area (Å²) in [5, 5.41) is 13.5. The van der Waals surface area contributed by atoms with E-state index < -0.39 is 4.92 Å². The summed E-state index contributed by atoms with van der Waals surface area (Å²) in [6, 6.07) is 10.3. The molecule has 1 aromatic carbocycles. The van der Waals surface area contributed by atoms with Gasteiger partial charge in [0.25, 0.3) is 5.69 Å². The average Bonchev–Trinajstić information content (AvgIpc) is 3.05. The predicted molar refractivity (Wildman–Crippen MR) is 91.8 cm³/mol. The summed E-state index contributed by atoms with van der Waals surface area (Å²) in [5.74, 6) is 0.870. The predicted octanol–water partition coefficient (Wildman–Crippen LogP) is 3.85. The summed E-state index contributed by atoms with van der Waals surface area (Å²) in [6.07, 6.45) is 1.76. The summed E-state index contributed by atoms with van der Waals surface area (Å²) in [6.45, 7) is 0. The van der Waals surface area contributed by atoms with Gasteiger partial charge in [0.15, 0.2) is 0 Å². The molecule has 0 aliphatic carbocycles. The minimum absolute atomic E-state index is 0.0777. The second-order valence-corrected chi connectivity index (χ2v) is 6.00. The lowest BCUT2D eigenvalue weighted by molar-refractivity contribution is -0.384. The molecular formula is C16H14N4O2S. The van der Waals surface area contributed by atoms with Gasteiger partial charge < -0.3 is 4.90 Å². The summed E-state index contributed by atoms with van der Waals surface area (Å²) < 4.78 is 0. The number of benzene rings is 1. The van der Waals surface area contributed by atoms with E-state index in [1.807, 2.05) is 36.5 Å². The summed E-state index contributed by atoms with van der Waals surface area (Å²) in [7, 11) is 3.88. The van der Waals surface area contributed by atoms with Crippen LogP contribution in [0.25, 0.3) is 21.8 Å². The monoisotopic (exact) mass is 326 g/mol. The Morgan fingerprint density at radius 1 is 1.13 bits per heavy atom. The van der Waals surface area contributed by atoms with Crippen LogP contribution in [0.1, 0.15) is 0 Å². The zero-order valence-electron chi connectivity index (χ0n) is 12.6. The first kappa shape index (κ1) is 15.1. The highest BCUT2D eigenvalue weighted by Gasteiger charge is 2.10. The molecular weight excluding hydrogens is 312 g/mol. The molecule has 0 aliphatic rings. The second-order valence-electron chi connectivity index (χ2n) is 5.14. The number of nitro groups is 1. The van der Waals surface area contributed by atoms with Crippen molar-refractivity contribution in [2.75, 3.05) is 19.0 Å². The molecule has 0 saturated carbocycles. The van der Waals surface area contributed by atoms with Gasteiger partial charge in [-0.15, -0.1) is 11.3 Å². The van der Waals surface area contributed by atoms with Crippen molar-refractivity contribution in [3.8, 4) is 21.8 Å². The first-order chi connectivity index (χ1) is 11.0. The Bertz CT molecular complexity index is 843. The molecule has 0 saturated heterocycles. The van der Waals surface area contributed by atoms with Gasteiger partial charge in [-0.25, -0.2) is 9.97 Å². The van der Waals surface area contributed by atoms with Gasteiger partial charge in [-0.3, -0.25) is 10.1 Å². The molecule has 6 nitrogen and oxygen atoms in total. The third kappa shape index (κ3) is 3.19. The number of nitro benzene ring substituents is 1. The van der Waals surface area contributed by atoms with Gasteiger partial charge >= 0.3 is 0 Å². The van der Waals surface area contributed by atoms with E-state index in [9.17, 15) is 10.1 Å². The smallest absolute Gasteiger partial charge is 0.269 e. The lowest BCUT2D eigenvalue weighted by Crippen LogP contribution is -2.10. The molecule has 7 heteroatoms. The fraction of sp³-hybridized carbons (Fsp3) is 0.125. The van der Waals surface area contributed by atoms with Gasteiger partial charge in [-0.1, -0.05) is 0 Å². The number of hydrogen-bond acceptors (Lipinski definition) is 6. The van der Waals surface area contributed by atoms with Crippen molar-refractivity contribution in [2.45, 2.75) is 0 Å². The van der Waals surface area contributed by atoms with Gasteiger partial charge in [0.05, 0.1) is 10.6 Å². The van der Waals surface area contributed by atoms with E-state index >= 15 is 0 Å². The maximum absolute atomic E-state index is 10.7. The molecule has 2 heterocycles. The highest BCUT2D eigenvalue weighted by Crippen LogP contribution is 2.30. The highest BCUT2D eigenvalue weighted by atomic mass is 32.1. The Labute approximate surface area is 137 Å². The van der Waals surface area contributed by atoms with Crippen LogP contribution in [0.4, 0.5) is 11.5 Å². The standard InChI is InChI=1S/C16H14N4O2S/c1-19(2)15-9-12(7-8-17-15)16-18-14(10-23-16)11-3-5-13(6-4-11)20(21)22/h3-10H,1-2H3. The van der Waals surface area contributed by atoms with Gasteiger partial charge in [-0.2, -0.15) is 0 Å². The Kier molecular flexibility index (Phi) is 4.03. The Hall–Kier alpha value is -2.80. The third-order valence-corrected chi connectivity index (χ3v) is 4.22. The first-order valence-electron chi connectivity index (χ1n) is 6.89. The Morgan fingerprint density at radius 2 is 1.87 bits per heavy atom. The van der Waals surface area contributed by atoms with Crippen LogP contribution in [0.2, 0.25) is 0 Å². The zero-order chi connectivity index (χ0) is 16.4. The topological polar surface area (TPSA) is 72.2 Å². The van der Waals surface area contributed by atoms with Crippen molar-refractivity contribution in [1.29, 1.82) is 0 Å². The van der Waals surface area contributed by atoms with Gasteiger partial charge in [0.1, 0.15) is 10.8 Å². The molecule has 0 atom stereocenters. The number of thiazole rings is 1. The van der Waals surface area contributed by atoms with E-state index in [2.05, 4.69) is 9.97 Å². The van der Waals surface area contributed by atoms with Crippen LogP contribution >= 0.6 is 11.3 Å². The number of nitrogens with zero attached hydrogens (tertiary/aromatic N) is 4.